The highest BCUT2D eigenvalue weighted by molar-refractivity contribution is 7.99. The van der Waals surface area contributed by atoms with Crippen LogP contribution < -0.4 is 15.0 Å². The topological polar surface area (TPSA) is 186 Å². The zero-order chi connectivity index (χ0) is 32.3. The molecule has 0 saturated carbocycles. The number of nitrogens with zero attached hydrogens (tertiary/aromatic N) is 5. The van der Waals surface area contributed by atoms with Crippen molar-refractivity contribution in [2.24, 2.45) is 0 Å². The average Bonchev–Trinajstić information content (AvgIpc) is 3.42. The molecule has 238 valence electrons. The van der Waals surface area contributed by atoms with Crippen molar-refractivity contribution in [2.45, 2.75) is 33.7 Å². The molecule has 1 fully saturated rings. The molecule has 3 heterocycles. The summed E-state index contributed by atoms with van der Waals surface area (Å²) in [4.78, 5) is 20.5. The van der Waals surface area contributed by atoms with Crippen LogP contribution >= 0.6 is 11.8 Å². The van der Waals surface area contributed by atoms with Gasteiger partial charge in [0.15, 0.2) is 32.4 Å². The normalized spacial score (nSPS) is 15.2. The van der Waals surface area contributed by atoms with E-state index in [0.29, 0.717) is 24.8 Å². The number of sulfone groups is 1. The number of morpholine rings is 1. The lowest BCUT2D eigenvalue weighted by atomic mass is 10.2. The molecule has 0 aliphatic carbocycles. The second-order valence-corrected chi connectivity index (χ2v) is 12.8. The molecule has 1 aliphatic rings. The number of aromatic amines is 1. The maximum Gasteiger partial charge on any atom is 0.305 e. The number of benzene rings is 2. The van der Waals surface area contributed by atoms with Crippen LogP contribution in [-0.4, -0.2) is 78.1 Å². The zero-order valence-electron chi connectivity index (χ0n) is 23.9. The number of rotatable bonds is 11. The van der Waals surface area contributed by atoms with Gasteiger partial charge in [0.1, 0.15) is 5.82 Å². The van der Waals surface area contributed by atoms with Crippen LogP contribution in [0.2, 0.25) is 0 Å². The Morgan fingerprint density at radius 3 is 2.73 bits per heavy atom. The molecule has 45 heavy (non-hydrogen) atoms. The number of nitro groups is 1. The van der Waals surface area contributed by atoms with Gasteiger partial charge in [-0.25, -0.2) is 22.8 Å². The number of hydrogen-bond donors (Lipinski definition) is 3. The number of ether oxygens (including phenoxy) is 2. The van der Waals surface area contributed by atoms with E-state index in [0.717, 1.165) is 41.7 Å². The van der Waals surface area contributed by atoms with Gasteiger partial charge < -0.3 is 24.8 Å². The third kappa shape index (κ3) is 6.98. The summed E-state index contributed by atoms with van der Waals surface area (Å²) in [5.41, 5.74) is -0.504. The summed E-state index contributed by atoms with van der Waals surface area (Å²) in [5.74, 6) is -1.92. The molecular formula is C27H27F2N7O7S2. The van der Waals surface area contributed by atoms with E-state index in [1.165, 1.54) is 19.2 Å². The monoisotopic (exact) mass is 663 g/mol. The van der Waals surface area contributed by atoms with Gasteiger partial charge in [0, 0.05) is 29.9 Å². The second-order valence-electron chi connectivity index (χ2n) is 9.84. The van der Waals surface area contributed by atoms with Crippen LogP contribution in [0.15, 0.2) is 57.4 Å². The maximum atomic E-state index is 15.4. The largest absolute Gasteiger partial charge is 0.490 e. The van der Waals surface area contributed by atoms with E-state index in [1.54, 1.807) is 11.0 Å². The van der Waals surface area contributed by atoms with Crippen molar-refractivity contribution in [3.63, 3.8) is 0 Å². The predicted molar refractivity (Wildman–Crippen MR) is 159 cm³/mol. The molecule has 1 unspecified atom stereocenters. The van der Waals surface area contributed by atoms with Gasteiger partial charge in [0.25, 0.3) is 0 Å². The van der Waals surface area contributed by atoms with Crippen molar-refractivity contribution in [1.29, 1.82) is 0 Å². The quantitative estimate of drug-likeness (QED) is 0.120. The van der Waals surface area contributed by atoms with Gasteiger partial charge in [-0.05, 0) is 36.9 Å². The molecule has 2 aromatic heterocycles. The fraction of sp³-hybridized carbons (Fsp3) is 0.296. The van der Waals surface area contributed by atoms with E-state index in [1.807, 2.05) is 6.92 Å². The molecule has 18 heteroatoms. The summed E-state index contributed by atoms with van der Waals surface area (Å²) >= 11 is 0.810. The lowest BCUT2D eigenvalue weighted by molar-refractivity contribution is -0.387. The molecule has 14 nitrogen and oxygen atoms in total. The highest BCUT2D eigenvalue weighted by atomic mass is 32.2. The molecule has 2 aromatic carbocycles. The molecule has 1 saturated heterocycles. The summed E-state index contributed by atoms with van der Waals surface area (Å²) in [7, 11) is -2.86. The molecule has 0 bridgehead atoms. The van der Waals surface area contributed by atoms with Crippen molar-refractivity contribution in [3.05, 3.63) is 75.5 Å². The molecule has 0 radical (unpaired) electrons. The fourth-order valence-electron chi connectivity index (χ4n) is 4.58. The molecule has 4 aromatic rings. The number of anilines is 3. The van der Waals surface area contributed by atoms with Crippen LogP contribution in [0, 0.1) is 28.7 Å². The van der Waals surface area contributed by atoms with E-state index in [4.69, 9.17) is 9.47 Å². The predicted octanol–water partition coefficient (Wildman–Crippen LogP) is 3.77. The summed E-state index contributed by atoms with van der Waals surface area (Å²) in [6.07, 6.45) is 0. The summed E-state index contributed by atoms with van der Waals surface area (Å²) in [6.45, 7) is 2.54. The number of aromatic nitrogens is 4. The number of hydrogen-bond acceptors (Lipinski definition) is 13. The van der Waals surface area contributed by atoms with Crippen LogP contribution in [-0.2, 0) is 20.3 Å². The molecule has 5 rings (SSSR count). The third-order valence-electron chi connectivity index (χ3n) is 6.76. The number of aliphatic hydroxyl groups excluding tert-OH is 1. The first-order valence-electron chi connectivity index (χ1n) is 13.3. The number of nitrogens with one attached hydrogen (secondary N) is 2. The minimum absolute atomic E-state index is 0.0196. The first kappa shape index (κ1) is 32.0. The number of H-pyrrole nitrogens is 1. The van der Waals surface area contributed by atoms with E-state index < -0.39 is 54.3 Å². The summed E-state index contributed by atoms with van der Waals surface area (Å²) in [5, 5.41) is 31.1. The Morgan fingerprint density at radius 1 is 1.27 bits per heavy atom. The van der Waals surface area contributed by atoms with Gasteiger partial charge in [0.05, 0.1) is 53.4 Å². The maximum absolute atomic E-state index is 15.4. The van der Waals surface area contributed by atoms with Gasteiger partial charge in [-0.3, -0.25) is 15.2 Å². The Balaban J connectivity index is 1.48. The van der Waals surface area contributed by atoms with Gasteiger partial charge in [-0.15, -0.1) is 0 Å². The zero-order valence-corrected chi connectivity index (χ0v) is 25.5. The molecule has 3 N–H and O–H groups in total. The minimum atomic E-state index is -4.29. The van der Waals surface area contributed by atoms with Gasteiger partial charge in [-0.1, -0.05) is 12.1 Å². The third-order valence-corrected chi connectivity index (χ3v) is 9.34. The van der Waals surface area contributed by atoms with E-state index in [9.17, 15) is 28.0 Å². The van der Waals surface area contributed by atoms with Crippen molar-refractivity contribution in [1.82, 2.24) is 20.2 Å². The van der Waals surface area contributed by atoms with E-state index in [-0.39, 0.29) is 34.8 Å². The smallest absolute Gasteiger partial charge is 0.305 e. The van der Waals surface area contributed by atoms with Crippen molar-refractivity contribution in [2.75, 3.05) is 43.7 Å². The molecular weight excluding hydrogens is 636 g/mol. The number of aryl methyl sites for hydroxylation is 1. The minimum Gasteiger partial charge on any atom is -0.490 e. The highest BCUT2D eigenvalue weighted by Crippen LogP contribution is 2.40. The SMILES string of the molecule is COc1c(Nc2cc(C)[nH]n2)nc(Sc2ccc(S(=O)(=O)Cc3cccc([N+](=O)[O-])c3F)cc2F)nc1N1CCOCC1CO. The average molecular weight is 664 g/mol. The van der Waals surface area contributed by atoms with Crippen LogP contribution in [0.4, 0.5) is 31.9 Å². The Labute approximate surface area is 259 Å². The summed E-state index contributed by atoms with van der Waals surface area (Å²) in [6, 6.07) is 7.65. The Hall–Kier alpha value is -4.39. The first-order valence-corrected chi connectivity index (χ1v) is 15.8. The Kier molecular flexibility index (Phi) is 9.47. The Morgan fingerprint density at radius 2 is 2.07 bits per heavy atom. The number of nitro benzene ring substituents is 1. The summed E-state index contributed by atoms with van der Waals surface area (Å²) < 4.78 is 67.2. The van der Waals surface area contributed by atoms with Gasteiger partial charge >= 0.3 is 5.69 Å². The van der Waals surface area contributed by atoms with E-state index >= 15 is 4.39 Å². The van der Waals surface area contributed by atoms with Crippen molar-refractivity contribution >= 4 is 44.7 Å². The lowest BCUT2D eigenvalue weighted by Crippen LogP contribution is -2.48. The number of aliphatic hydroxyl groups is 1. The van der Waals surface area contributed by atoms with Crippen molar-refractivity contribution in [3.8, 4) is 5.75 Å². The highest BCUT2D eigenvalue weighted by Gasteiger charge is 2.30. The molecule has 1 aliphatic heterocycles. The lowest BCUT2D eigenvalue weighted by Gasteiger charge is -2.36. The van der Waals surface area contributed by atoms with Crippen LogP contribution in [0.3, 0.4) is 0 Å². The van der Waals surface area contributed by atoms with Gasteiger partial charge in [-0.2, -0.15) is 9.49 Å². The van der Waals surface area contributed by atoms with Crippen LogP contribution in [0.5, 0.6) is 5.75 Å². The van der Waals surface area contributed by atoms with Crippen LogP contribution in [0.1, 0.15) is 11.3 Å². The van der Waals surface area contributed by atoms with Crippen molar-refractivity contribution < 1.29 is 36.7 Å². The molecule has 0 amide bonds. The second kappa shape index (κ2) is 13.3. The number of methoxy groups -OCH3 is 1. The van der Waals surface area contributed by atoms with Gasteiger partial charge in [0.2, 0.25) is 11.6 Å². The standard InChI is InChI=1S/C27H27F2N7O7S2/c1-15-10-22(34-33-15)30-25-24(42-2)26(35-8-9-43-13-17(35)12-37)32-27(31-25)44-21-7-6-18(11-19(21)28)45(40,41)14-16-4-3-5-20(23(16)29)36(38)39/h3-7,10-11,17,37H,8-9,12-14H2,1-2H3,(H2,30,31,32,33,34). The van der Waals surface area contributed by atoms with Crippen LogP contribution in [0.25, 0.3) is 0 Å². The molecule has 0 spiro atoms. The number of halogens is 2. The Bertz CT molecular complexity index is 1840. The van der Waals surface area contributed by atoms with E-state index in [2.05, 4.69) is 25.5 Å². The molecule has 1 atom stereocenters. The first-order chi connectivity index (χ1) is 21.5. The fourth-order valence-corrected chi connectivity index (χ4v) is 6.70.